The molecule has 0 saturated carbocycles. The Kier molecular flexibility index (Phi) is 5.23. The Labute approximate surface area is 143 Å². The van der Waals surface area contributed by atoms with E-state index >= 15 is 0 Å². The van der Waals surface area contributed by atoms with Gasteiger partial charge in [0, 0.05) is 45.3 Å². The van der Waals surface area contributed by atoms with Gasteiger partial charge >= 0.3 is 6.03 Å². The van der Waals surface area contributed by atoms with Crippen molar-refractivity contribution in [3.05, 3.63) is 29.6 Å². The monoisotopic (exact) mass is 335 g/mol. The topological polar surface area (TPSA) is 36.0 Å². The lowest BCUT2D eigenvalue weighted by Crippen LogP contribution is -2.46. The minimum atomic E-state index is -0.313. The molecule has 1 aromatic carbocycles. The summed E-state index contributed by atoms with van der Waals surface area (Å²) >= 11 is 0. The normalized spacial score (nSPS) is 20.0. The number of benzene rings is 1. The summed E-state index contributed by atoms with van der Waals surface area (Å²) in [6.45, 7) is 7.13. The van der Waals surface area contributed by atoms with E-state index in [9.17, 15) is 9.18 Å². The molecule has 2 heterocycles. The standard InChI is InChI=1S/C18H26FN3O2/c1-3-21-10-11-22(18(21)23)15-6-8-20(9-7-15)13-14-4-5-17(24-2)16(19)12-14/h4-5,12,15H,3,6-11,13H2,1-2H3. The number of hydrogen-bond acceptors (Lipinski definition) is 3. The van der Waals surface area contributed by atoms with Gasteiger partial charge in [0.1, 0.15) is 0 Å². The molecule has 132 valence electrons. The lowest BCUT2D eigenvalue weighted by molar-refractivity contribution is 0.126. The molecule has 0 bridgehead atoms. The first-order valence-corrected chi connectivity index (χ1v) is 8.72. The van der Waals surface area contributed by atoms with Crippen LogP contribution in [-0.2, 0) is 6.54 Å². The van der Waals surface area contributed by atoms with Gasteiger partial charge in [0.25, 0.3) is 0 Å². The van der Waals surface area contributed by atoms with Gasteiger partial charge in [-0.1, -0.05) is 6.07 Å². The molecule has 24 heavy (non-hydrogen) atoms. The molecule has 2 fully saturated rings. The maximum absolute atomic E-state index is 13.8. The second-order valence-corrected chi connectivity index (χ2v) is 6.53. The van der Waals surface area contributed by atoms with Crippen LogP contribution in [-0.4, -0.2) is 66.6 Å². The number of ether oxygens (including phenoxy) is 1. The average Bonchev–Trinajstić information content (AvgIpc) is 2.96. The second-order valence-electron chi connectivity index (χ2n) is 6.53. The zero-order valence-corrected chi connectivity index (χ0v) is 14.5. The first kappa shape index (κ1) is 17.0. The Morgan fingerprint density at radius 3 is 2.54 bits per heavy atom. The van der Waals surface area contributed by atoms with Gasteiger partial charge in [0.05, 0.1) is 7.11 Å². The number of hydrogen-bond donors (Lipinski definition) is 0. The first-order valence-electron chi connectivity index (χ1n) is 8.72. The van der Waals surface area contributed by atoms with E-state index in [4.69, 9.17) is 4.74 Å². The minimum Gasteiger partial charge on any atom is -0.494 e. The Bertz CT molecular complexity index is 588. The number of urea groups is 1. The fourth-order valence-corrected chi connectivity index (χ4v) is 3.69. The molecule has 3 rings (SSSR count). The number of carbonyl (C=O) groups excluding carboxylic acids is 1. The van der Waals surface area contributed by atoms with E-state index in [-0.39, 0.29) is 17.6 Å². The number of halogens is 1. The van der Waals surface area contributed by atoms with Crippen molar-refractivity contribution in [2.24, 2.45) is 0 Å². The molecular weight excluding hydrogens is 309 g/mol. The first-order chi connectivity index (χ1) is 11.6. The smallest absolute Gasteiger partial charge is 0.320 e. The summed E-state index contributed by atoms with van der Waals surface area (Å²) < 4.78 is 18.8. The highest BCUT2D eigenvalue weighted by Crippen LogP contribution is 2.23. The molecule has 2 saturated heterocycles. The summed E-state index contributed by atoms with van der Waals surface area (Å²) in [5, 5.41) is 0. The van der Waals surface area contributed by atoms with E-state index < -0.39 is 0 Å². The van der Waals surface area contributed by atoms with Crippen molar-refractivity contribution < 1.29 is 13.9 Å². The summed E-state index contributed by atoms with van der Waals surface area (Å²) in [7, 11) is 1.47. The van der Waals surface area contributed by atoms with Crippen LogP contribution in [0.15, 0.2) is 18.2 Å². The molecule has 0 spiro atoms. The summed E-state index contributed by atoms with van der Waals surface area (Å²) in [5.74, 6) is -0.0299. The van der Waals surface area contributed by atoms with E-state index in [2.05, 4.69) is 4.90 Å². The molecule has 6 heteroatoms. The minimum absolute atomic E-state index is 0.188. The number of likely N-dealkylation sites (tertiary alicyclic amines) is 1. The number of methoxy groups -OCH3 is 1. The zero-order chi connectivity index (χ0) is 17.1. The van der Waals surface area contributed by atoms with E-state index in [1.165, 1.54) is 7.11 Å². The van der Waals surface area contributed by atoms with Crippen LogP contribution < -0.4 is 4.74 Å². The van der Waals surface area contributed by atoms with Crippen LogP contribution in [0.1, 0.15) is 25.3 Å². The van der Waals surface area contributed by atoms with Gasteiger partial charge in [-0.2, -0.15) is 0 Å². The van der Waals surface area contributed by atoms with Gasteiger partial charge in [-0.3, -0.25) is 4.90 Å². The van der Waals surface area contributed by atoms with Crippen molar-refractivity contribution in [3.8, 4) is 5.75 Å². The molecule has 0 aromatic heterocycles. The van der Waals surface area contributed by atoms with E-state index in [0.29, 0.717) is 6.04 Å². The molecule has 2 aliphatic heterocycles. The molecular formula is C18H26FN3O2. The zero-order valence-electron chi connectivity index (χ0n) is 14.5. The van der Waals surface area contributed by atoms with Crippen molar-refractivity contribution >= 4 is 6.03 Å². The van der Waals surface area contributed by atoms with Crippen LogP contribution >= 0.6 is 0 Å². The molecule has 1 aromatic rings. The summed E-state index contributed by atoms with van der Waals surface area (Å²) in [6, 6.07) is 5.68. The van der Waals surface area contributed by atoms with Crippen molar-refractivity contribution in [1.82, 2.24) is 14.7 Å². The maximum atomic E-state index is 13.8. The highest BCUT2D eigenvalue weighted by atomic mass is 19.1. The quantitative estimate of drug-likeness (QED) is 0.830. The van der Waals surface area contributed by atoms with Crippen LogP contribution in [0.25, 0.3) is 0 Å². The highest BCUT2D eigenvalue weighted by Gasteiger charge is 2.34. The number of rotatable bonds is 5. The van der Waals surface area contributed by atoms with Crippen molar-refractivity contribution in [2.45, 2.75) is 32.4 Å². The fraction of sp³-hybridized carbons (Fsp3) is 0.611. The van der Waals surface area contributed by atoms with E-state index in [1.807, 2.05) is 22.8 Å². The molecule has 0 aliphatic carbocycles. The summed E-state index contributed by atoms with van der Waals surface area (Å²) in [4.78, 5) is 18.6. The Balaban J connectivity index is 1.52. The van der Waals surface area contributed by atoms with Gasteiger partial charge in [-0.25, -0.2) is 9.18 Å². The predicted molar refractivity (Wildman–Crippen MR) is 90.6 cm³/mol. The third kappa shape index (κ3) is 3.48. The SMILES string of the molecule is CCN1CCN(C2CCN(Cc3ccc(OC)c(F)c3)CC2)C1=O. The van der Waals surface area contributed by atoms with E-state index in [0.717, 1.165) is 57.7 Å². The fourth-order valence-electron chi connectivity index (χ4n) is 3.69. The predicted octanol–water partition coefficient (Wildman–Crippen LogP) is 2.56. The molecule has 0 radical (unpaired) electrons. The van der Waals surface area contributed by atoms with Gasteiger partial charge in [-0.05, 0) is 37.5 Å². The summed E-state index contributed by atoms with van der Waals surface area (Å²) in [6.07, 6.45) is 1.98. The van der Waals surface area contributed by atoms with Crippen LogP contribution in [0.5, 0.6) is 5.75 Å². The number of piperidine rings is 1. The van der Waals surface area contributed by atoms with Gasteiger partial charge in [0.15, 0.2) is 11.6 Å². The Hall–Kier alpha value is -1.82. The third-order valence-electron chi connectivity index (χ3n) is 5.13. The van der Waals surface area contributed by atoms with Crippen molar-refractivity contribution in [3.63, 3.8) is 0 Å². The van der Waals surface area contributed by atoms with Gasteiger partial charge in [-0.15, -0.1) is 0 Å². The highest BCUT2D eigenvalue weighted by molar-refractivity contribution is 5.76. The second kappa shape index (κ2) is 7.38. The van der Waals surface area contributed by atoms with Gasteiger partial charge < -0.3 is 14.5 Å². The molecule has 5 nitrogen and oxygen atoms in total. The lowest BCUT2D eigenvalue weighted by atomic mass is 10.0. The Morgan fingerprint density at radius 1 is 1.21 bits per heavy atom. The molecule has 0 unspecified atom stereocenters. The van der Waals surface area contributed by atoms with Crippen LogP contribution in [0.4, 0.5) is 9.18 Å². The largest absolute Gasteiger partial charge is 0.494 e. The lowest BCUT2D eigenvalue weighted by Gasteiger charge is -2.36. The summed E-state index contributed by atoms with van der Waals surface area (Å²) in [5.41, 5.74) is 0.959. The number of amides is 2. The van der Waals surface area contributed by atoms with Crippen molar-refractivity contribution in [1.29, 1.82) is 0 Å². The van der Waals surface area contributed by atoms with E-state index in [1.54, 1.807) is 12.1 Å². The van der Waals surface area contributed by atoms with Gasteiger partial charge in [0.2, 0.25) is 0 Å². The Morgan fingerprint density at radius 2 is 1.96 bits per heavy atom. The number of nitrogens with zero attached hydrogens (tertiary/aromatic N) is 3. The van der Waals surface area contributed by atoms with Crippen LogP contribution in [0.2, 0.25) is 0 Å². The number of likely N-dealkylation sites (N-methyl/N-ethyl adjacent to an activating group) is 1. The molecule has 0 atom stereocenters. The average molecular weight is 335 g/mol. The molecule has 2 amide bonds. The van der Waals surface area contributed by atoms with Crippen LogP contribution in [0, 0.1) is 5.82 Å². The molecule has 0 N–H and O–H groups in total. The maximum Gasteiger partial charge on any atom is 0.320 e. The third-order valence-corrected chi connectivity index (χ3v) is 5.13. The van der Waals surface area contributed by atoms with Crippen LogP contribution in [0.3, 0.4) is 0 Å². The number of carbonyl (C=O) groups is 1. The van der Waals surface area contributed by atoms with Crippen molar-refractivity contribution in [2.75, 3.05) is 39.8 Å². The molecule has 2 aliphatic rings.